The first-order valence-electron chi connectivity index (χ1n) is 8.52. The zero-order valence-electron chi connectivity index (χ0n) is 15.0. The summed E-state index contributed by atoms with van der Waals surface area (Å²) in [5.41, 5.74) is 1.72. The quantitative estimate of drug-likeness (QED) is 0.414. The first-order valence-corrected chi connectivity index (χ1v) is 8.52. The highest BCUT2D eigenvalue weighted by atomic mass is 16.5. The van der Waals surface area contributed by atoms with Gasteiger partial charge in [0.25, 0.3) is 0 Å². The summed E-state index contributed by atoms with van der Waals surface area (Å²) in [5, 5.41) is 2.69. The third kappa shape index (κ3) is 5.48. The molecule has 0 bridgehead atoms. The molecule has 2 aromatic rings. The summed E-state index contributed by atoms with van der Waals surface area (Å²) in [6, 6.07) is 12.3. The van der Waals surface area contributed by atoms with Gasteiger partial charge in [-0.1, -0.05) is 31.5 Å². The second-order valence-corrected chi connectivity index (χ2v) is 5.64. The highest BCUT2D eigenvalue weighted by Gasteiger charge is 2.06. The number of hydrogen-bond acceptors (Lipinski definition) is 4. The topological polar surface area (TPSA) is 64.6 Å². The van der Waals surface area contributed by atoms with E-state index in [4.69, 9.17) is 9.47 Å². The second-order valence-electron chi connectivity index (χ2n) is 5.64. The minimum atomic E-state index is -0.318. The molecule has 0 saturated heterocycles. The van der Waals surface area contributed by atoms with E-state index in [1.54, 1.807) is 37.5 Å². The van der Waals surface area contributed by atoms with Crippen molar-refractivity contribution in [2.75, 3.05) is 19.0 Å². The lowest BCUT2D eigenvalue weighted by Gasteiger charge is -2.11. The Morgan fingerprint density at radius 1 is 1.15 bits per heavy atom. The van der Waals surface area contributed by atoms with Crippen LogP contribution in [0.1, 0.15) is 35.7 Å². The van der Waals surface area contributed by atoms with Gasteiger partial charge in [-0.05, 0) is 42.3 Å². The van der Waals surface area contributed by atoms with Gasteiger partial charge >= 0.3 is 0 Å². The molecule has 1 amide bonds. The number of rotatable bonds is 9. The van der Waals surface area contributed by atoms with Crippen LogP contribution in [0.4, 0.5) is 5.69 Å². The standard InChI is InChI=1S/C21H23NO4/c1-3-4-13-26-19-11-9-16(14-20(19)25-2)10-12-21(24)22-18-8-6-5-7-17(18)15-23/h5-12,14-15H,3-4,13H2,1-2H3,(H,22,24)/b12-10+. The zero-order chi connectivity index (χ0) is 18.8. The number of benzene rings is 2. The van der Waals surface area contributed by atoms with E-state index < -0.39 is 0 Å². The molecule has 0 heterocycles. The molecule has 0 radical (unpaired) electrons. The fourth-order valence-electron chi connectivity index (χ4n) is 2.29. The van der Waals surface area contributed by atoms with Crippen LogP contribution in [0.3, 0.4) is 0 Å². The summed E-state index contributed by atoms with van der Waals surface area (Å²) >= 11 is 0. The Morgan fingerprint density at radius 2 is 1.96 bits per heavy atom. The van der Waals surface area contributed by atoms with Crippen molar-refractivity contribution in [2.24, 2.45) is 0 Å². The van der Waals surface area contributed by atoms with E-state index in [0.717, 1.165) is 18.4 Å². The summed E-state index contributed by atoms with van der Waals surface area (Å²) in [6.07, 6.45) is 5.84. The van der Waals surface area contributed by atoms with Crippen LogP contribution in [0.15, 0.2) is 48.5 Å². The molecule has 0 fully saturated rings. The van der Waals surface area contributed by atoms with Crippen molar-refractivity contribution in [2.45, 2.75) is 19.8 Å². The lowest BCUT2D eigenvalue weighted by Crippen LogP contribution is -2.09. The first-order chi connectivity index (χ1) is 12.7. The van der Waals surface area contributed by atoms with Gasteiger partial charge in [0.05, 0.1) is 19.4 Å². The van der Waals surface area contributed by atoms with E-state index in [2.05, 4.69) is 12.2 Å². The lowest BCUT2D eigenvalue weighted by molar-refractivity contribution is -0.111. The number of ether oxygens (including phenoxy) is 2. The molecule has 2 aromatic carbocycles. The van der Waals surface area contributed by atoms with E-state index in [1.165, 1.54) is 6.08 Å². The molecule has 0 atom stereocenters. The van der Waals surface area contributed by atoms with Crippen molar-refractivity contribution < 1.29 is 19.1 Å². The predicted molar refractivity (Wildman–Crippen MR) is 103 cm³/mol. The van der Waals surface area contributed by atoms with E-state index in [1.807, 2.05) is 18.2 Å². The summed E-state index contributed by atoms with van der Waals surface area (Å²) in [5.74, 6) is 0.985. The minimum Gasteiger partial charge on any atom is -0.493 e. The van der Waals surface area contributed by atoms with Gasteiger partial charge in [-0.25, -0.2) is 0 Å². The second kappa shape index (κ2) is 10.0. The molecule has 0 aliphatic rings. The Balaban J connectivity index is 2.04. The molecule has 2 rings (SSSR count). The Labute approximate surface area is 153 Å². The Hall–Kier alpha value is -3.08. The normalized spacial score (nSPS) is 10.5. The van der Waals surface area contributed by atoms with Crippen LogP contribution in [0, 0.1) is 0 Å². The van der Waals surface area contributed by atoms with Crippen molar-refractivity contribution in [1.29, 1.82) is 0 Å². The minimum absolute atomic E-state index is 0.318. The number of nitrogens with one attached hydrogen (secondary N) is 1. The van der Waals surface area contributed by atoms with E-state index in [-0.39, 0.29) is 5.91 Å². The van der Waals surface area contributed by atoms with Gasteiger partial charge in [0, 0.05) is 11.6 Å². The summed E-state index contributed by atoms with van der Waals surface area (Å²) in [4.78, 5) is 23.1. The van der Waals surface area contributed by atoms with Gasteiger partial charge in [-0.3, -0.25) is 9.59 Å². The Bertz CT molecular complexity index is 783. The summed E-state index contributed by atoms with van der Waals surface area (Å²) in [7, 11) is 1.58. The monoisotopic (exact) mass is 353 g/mol. The fourth-order valence-corrected chi connectivity index (χ4v) is 2.29. The molecular formula is C21H23NO4. The molecule has 0 unspecified atom stereocenters. The molecule has 5 nitrogen and oxygen atoms in total. The summed E-state index contributed by atoms with van der Waals surface area (Å²) < 4.78 is 11.0. The van der Waals surface area contributed by atoms with E-state index in [9.17, 15) is 9.59 Å². The highest BCUT2D eigenvalue weighted by Crippen LogP contribution is 2.28. The molecule has 5 heteroatoms. The van der Waals surface area contributed by atoms with Gasteiger partial charge in [-0.15, -0.1) is 0 Å². The predicted octanol–water partition coefficient (Wildman–Crippen LogP) is 4.34. The SMILES string of the molecule is CCCCOc1ccc(/C=C/C(=O)Nc2ccccc2C=O)cc1OC. The molecule has 0 aromatic heterocycles. The Kier molecular flexibility index (Phi) is 7.43. The number of carbonyl (C=O) groups excluding carboxylic acids is 2. The average molecular weight is 353 g/mol. The van der Waals surface area contributed by atoms with Crippen molar-refractivity contribution in [3.8, 4) is 11.5 Å². The van der Waals surface area contributed by atoms with E-state index in [0.29, 0.717) is 35.6 Å². The third-order valence-corrected chi connectivity index (χ3v) is 3.72. The van der Waals surface area contributed by atoms with Gasteiger partial charge in [0.15, 0.2) is 17.8 Å². The molecular weight excluding hydrogens is 330 g/mol. The van der Waals surface area contributed by atoms with Crippen LogP contribution in [0.25, 0.3) is 6.08 Å². The first kappa shape index (κ1) is 19.2. The Morgan fingerprint density at radius 3 is 2.69 bits per heavy atom. The molecule has 0 spiro atoms. The molecule has 0 aliphatic heterocycles. The van der Waals surface area contributed by atoms with Crippen LogP contribution >= 0.6 is 0 Å². The molecule has 0 aliphatic carbocycles. The summed E-state index contributed by atoms with van der Waals surface area (Å²) in [6.45, 7) is 2.74. The van der Waals surface area contributed by atoms with Gasteiger partial charge in [0.2, 0.25) is 5.91 Å². The fraction of sp³-hybridized carbons (Fsp3) is 0.238. The molecule has 136 valence electrons. The number of carbonyl (C=O) groups is 2. The largest absolute Gasteiger partial charge is 0.493 e. The highest BCUT2D eigenvalue weighted by molar-refractivity contribution is 6.04. The van der Waals surface area contributed by atoms with Gasteiger partial charge < -0.3 is 14.8 Å². The van der Waals surface area contributed by atoms with Crippen molar-refractivity contribution >= 4 is 24.0 Å². The number of methoxy groups -OCH3 is 1. The van der Waals surface area contributed by atoms with Crippen LogP contribution in [0.5, 0.6) is 11.5 Å². The number of aldehydes is 1. The maximum absolute atomic E-state index is 12.1. The van der Waals surface area contributed by atoms with Crippen LogP contribution < -0.4 is 14.8 Å². The van der Waals surface area contributed by atoms with Gasteiger partial charge in [0.1, 0.15) is 0 Å². The van der Waals surface area contributed by atoms with Crippen LogP contribution in [-0.2, 0) is 4.79 Å². The van der Waals surface area contributed by atoms with Crippen molar-refractivity contribution in [3.05, 3.63) is 59.7 Å². The maximum atomic E-state index is 12.1. The van der Waals surface area contributed by atoms with Crippen molar-refractivity contribution in [3.63, 3.8) is 0 Å². The zero-order valence-corrected chi connectivity index (χ0v) is 15.0. The number of unbranched alkanes of at least 4 members (excludes halogenated alkanes) is 1. The maximum Gasteiger partial charge on any atom is 0.248 e. The number of hydrogen-bond donors (Lipinski definition) is 1. The molecule has 1 N–H and O–H groups in total. The smallest absolute Gasteiger partial charge is 0.248 e. The van der Waals surface area contributed by atoms with Crippen LogP contribution in [-0.4, -0.2) is 25.9 Å². The molecule has 0 saturated carbocycles. The van der Waals surface area contributed by atoms with Crippen LogP contribution in [0.2, 0.25) is 0 Å². The average Bonchev–Trinajstić information content (AvgIpc) is 2.67. The van der Waals surface area contributed by atoms with Crippen molar-refractivity contribution in [1.82, 2.24) is 0 Å². The number of para-hydroxylation sites is 1. The van der Waals surface area contributed by atoms with Gasteiger partial charge in [-0.2, -0.15) is 0 Å². The molecule has 26 heavy (non-hydrogen) atoms. The lowest BCUT2D eigenvalue weighted by atomic mass is 10.1. The number of anilines is 1. The third-order valence-electron chi connectivity index (χ3n) is 3.72. The number of amides is 1. The van der Waals surface area contributed by atoms with E-state index >= 15 is 0 Å².